The van der Waals surface area contributed by atoms with E-state index >= 15 is 0 Å². The Morgan fingerprint density at radius 3 is 2.40 bits per heavy atom. The number of benzene rings is 1. The molecule has 0 bridgehead atoms. The van der Waals surface area contributed by atoms with Crippen LogP contribution in [0.4, 0.5) is 5.69 Å². The number of aliphatic hydroxyl groups is 1. The van der Waals surface area contributed by atoms with Crippen molar-refractivity contribution < 1.29 is 23.6 Å². The van der Waals surface area contributed by atoms with E-state index < -0.39 is 18.4 Å². The molecule has 20 heavy (non-hydrogen) atoms. The van der Waals surface area contributed by atoms with Crippen LogP contribution in [0.1, 0.15) is 25.3 Å². The predicted molar refractivity (Wildman–Crippen MR) is 73.9 cm³/mol. The van der Waals surface area contributed by atoms with Gasteiger partial charge in [-0.3, -0.25) is 14.7 Å². The van der Waals surface area contributed by atoms with Crippen molar-refractivity contribution in [2.45, 2.75) is 19.7 Å². The van der Waals surface area contributed by atoms with Crippen molar-refractivity contribution in [2.75, 3.05) is 13.2 Å². The van der Waals surface area contributed by atoms with E-state index in [1.807, 2.05) is 0 Å². The average molecular weight is 324 g/mol. The van der Waals surface area contributed by atoms with Gasteiger partial charge in [-0.1, -0.05) is 11.6 Å². The smallest absolute Gasteiger partial charge is 0.363 e. The van der Waals surface area contributed by atoms with Crippen LogP contribution in [-0.2, 0) is 13.6 Å². The van der Waals surface area contributed by atoms with Gasteiger partial charge in [0.2, 0.25) is 0 Å². The van der Waals surface area contributed by atoms with Gasteiger partial charge in [0.1, 0.15) is 0 Å². The van der Waals surface area contributed by atoms with Crippen LogP contribution in [0, 0.1) is 10.1 Å². The van der Waals surface area contributed by atoms with Crippen LogP contribution in [0.2, 0.25) is 5.02 Å². The summed E-state index contributed by atoms with van der Waals surface area (Å²) in [4.78, 5) is 10.1. The van der Waals surface area contributed by atoms with E-state index in [2.05, 4.69) is 0 Å². The second-order valence-electron chi connectivity index (χ2n) is 3.71. The number of non-ortho nitro benzene ring substituents is 1. The monoisotopic (exact) mass is 323 g/mol. The lowest BCUT2D eigenvalue weighted by atomic mass is 10.2. The second-order valence-corrected chi connectivity index (χ2v) is 6.20. The topological polar surface area (TPSA) is 98.9 Å². The summed E-state index contributed by atoms with van der Waals surface area (Å²) in [6.45, 7) is 3.29. The summed E-state index contributed by atoms with van der Waals surface area (Å²) in [6, 6.07) is 3.49. The number of hydrogen-bond acceptors (Lipinski definition) is 6. The van der Waals surface area contributed by atoms with Gasteiger partial charge < -0.3 is 14.2 Å². The highest BCUT2D eigenvalue weighted by atomic mass is 35.5. The van der Waals surface area contributed by atoms with E-state index in [0.717, 1.165) is 6.07 Å². The highest BCUT2D eigenvalue weighted by molar-refractivity contribution is 7.54. The molecule has 0 heterocycles. The van der Waals surface area contributed by atoms with Crippen molar-refractivity contribution in [3.63, 3.8) is 0 Å². The Morgan fingerprint density at radius 1 is 1.40 bits per heavy atom. The van der Waals surface area contributed by atoms with E-state index in [9.17, 15) is 19.8 Å². The van der Waals surface area contributed by atoms with Crippen LogP contribution in [0.3, 0.4) is 0 Å². The molecule has 1 aromatic carbocycles. The van der Waals surface area contributed by atoms with Crippen molar-refractivity contribution in [1.82, 2.24) is 0 Å². The van der Waals surface area contributed by atoms with Crippen molar-refractivity contribution in [2.24, 2.45) is 0 Å². The minimum Gasteiger partial charge on any atom is -0.376 e. The fourth-order valence-electron chi connectivity index (χ4n) is 1.55. The normalized spacial score (nSPS) is 13.2. The minimum atomic E-state index is -3.86. The first-order valence-electron chi connectivity index (χ1n) is 5.86. The molecule has 0 spiro atoms. The maximum atomic E-state index is 12.4. The zero-order valence-electron chi connectivity index (χ0n) is 11.0. The van der Waals surface area contributed by atoms with E-state index in [1.165, 1.54) is 12.1 Å². The maximum absolute atomic E-state index is 12.4. The van der Waals surface area contributed by atoms with Gasteiger partial charge in [0.05, 0.1) is 18.1 Å². The summed E-state index contributed by atoms with van der Waals surface area (Å²) < 4.78 is 22.4. The molecule has 1 aromatic rings. The lowest BCUT2D eigenvalue weighted by molar-refractivity contribution is -0.384. The molecule has 0 aromatic heterocycles. The summed E-state index contributed by atoms with van der Waals surface area (Å²) in [5.41, 5.74) is -0.339. The second kappa shape index (κ2) is 7.15. The highest BCUT2D eigenvalue weighted by Crippen LogP contribution is 2.60. The summed E-state index contributed by atoms with van der Waals surface area (Å²) in [7, 11) is -3.86. The van der Waals surface area contributed by atoms with Gasteiger partial charge in [-0.25, -0.2) is 0 Å². The van der Waals surface area contributed by atoms with Gasteiger partial charge in [0.15, 0.2) is 5.85 Å². The Labute approximate surface area is 121 Å². The molecule has 1 N–H and O–H groups in total. The van der Waals surface area contributed by atoms with Crippen molar-refractivity contribution in [3.8, 4) is 0 Å². The number of aliphatic hydroxyl groups excluding tert-OH is 1. The Hall–Kier alpha value is -0.980. The summed E-state index contributed by atoms with van der Waals surface area (Å²) in [6.07, 6.45) is 0. The fraction of sp³-hybridized carbons (Fsp3) is 0.455. The van der Waals surface area contributed by atoms with Gasteiger partial charge >= 0.3 is 7.60 Å². The molecule has 112 valence electrons. The zero-order chi connectivity index (χ0) is 15.3. The first kappa shape index (κ1) is 17.1. The van der Waals surface area contributed by atoms with Crippen LogP contribution in [0.15, 0.2) is 18.2 Å². The van der Waals surface area contributed by atoms with Crippen molar-refractivity contribution in [3.05, 3.63) is 38.9 Å². The third kappa shape index (κ3) is 3.77. The lowest BCUT2D eigenvalue weighted by Crippen LogP contribution is -2.07. The fourth-order valence-corrected chi connectivity index (χ4v) is 3.48. The van der Waals surface area contributed by atoms with Gasteiger partial charge in [-0.05, 0) is 19.9 Å². The maximum Gasteiger partial charge on any atom is 0.363 e. The third-order valence-electron chi connectivity index (χ3n) is 2.39. The number of nitrogens with zero attached hydrogens (tertiary/aromatic N) is 1. The highest BCUT2D eigenvalue weighted by Gasteiger charge is 2.37. The molecule has 9 heteroatoms. The molecule has 0 saturated carbocycles. The number of rotatable bonds is 7. The molecule has 1 rings (SSSR count). The first-order chi connectivity index (χ1) is 9.35. The molecule has 0 fully saturated rings. The van der Waals surface area contributed by atoms with Crippen LogP contribution in [0.25, 0.3) is 0 Å². The van der Waals surface area contributed by atoms with Crippen molar-refractivity contribution in [1.29, 1.82) is 0 Å². The zero-order valence-corrected chi connectivity index (χ0v) is 12.6. The first-order valence-corrected chi connectivity index (χ1v) is 7.85. The molecule has 0 amide bonds. The summed E-state index contributed by atoms with van der Waals surface area (Å²) in [5, 5.41) is 21.0. The quantitative estimate of drug-likeness (QED) is 0.468. The number of nitro groups is 1. The van der Waals surface area contributed by atoms with Gasteiger partial charge in [-0.2, -0.15) is 0 Å². The third-order valence-corrected chi connectivity index (χ3v) is 4.84. The van der Waals surface area contributed by atoms with Crippen LogP contribution < -0.4 is 0 Å². The molecular formula is C11H15ClNO6P. The number of hydrogen-bond donors (Lipinski definition) is 1. The largest absolute Gasteiger partial charge is 0.376 e. The van der Waals surface area contributed by atoms with Crippen LogP contribution in [0.5, 0.6) is 0 Å². The van der Waals surface area contributed by atoms with E-state index in [1.54, 1.807) is 13.8 Å². The Kier molecular flexibility index (Phi) is 6.10. The SMILES string of the molecule is CCOP(=O)(OCC)C(O)c1cc([N+](=O)[O-])ccc1Cl. The predicted octanol–water partition coefficient (Wildman–Crippen LogP) is 3.51. The van der Waals surface area contributed by atoms with Crippen LogP contribution in [-0.4, -0.2) is 23.2 Å². The standard InChI is InChI=1S/C11H15ClNO6P/c1-3-18-20(17,19-4-2)11(14)9-7-8(13(15)16)5-6-10(9)12/h5-7,11,14H,3-4H2,1-2H3. The van der Waals surface area contributed by atoms with Gasteiger partial charge in [0, 0.05) is 22.7 Å². The summed E-state index contributed by atoms with van der Waals surface area (Å²) in [5.74, 6) is -1.69. The molecule has 0 saturated heterocycles. The number of halogens is 1. The van der Waals surface area contributed by atoms with E-state index in [0.29, 0.717) is 0 Å². The molecule has 1 atom stereocenters. The molecule has 0 radical (unpaired) electrons. The Bertz CT molecular complexity index is 528. The molecule has 0 aliphatic rings. The number of nitro benzene ring substituents is 1. The molecular weight excluding hydrogens is 309 g/mol. The minimum absolute atomic E-state index is 0.0442. The molecule has 7 nitrogen and oxygen atoms in total. The molecule has 1 unspecified atom stereocenters. The van der Waals surface area contributed by atoms with E-state index in [4.69, 9.17) is 20.6 Å². The Morgan fingerprint density at radius 2 is 1.95 bits per heavy atom. The van der Waals surface area contributed by atoms with Crippen molar-refractivity contribution >= 4 is 24.9 Å². The summed E-state index contributed by atoms with van der Waals surface area (Å²) >= 11 is 5.89. The van der Waals surface area contributed by atoms with E-state index in [-0.39, 0.29) is 29.5 Å². The molecule has 0 aliphatic heterocycles. The Balaban J connectivity index is 3.23. The van der Waals surface area contributed by atoms with Crippen LogP contribution >= 0.6 is 19.2 Å². The van der Waals surface area contributed by atoms with Gasteiger partial charge in [-0.15, -0.1) is 0 Å². The average Bonchev–Trinajstić information content (AvgIpc) is 2.38. The molecule has 0 aliphatic carbocycles. The van der Waals surface area contributed by atoms with Gasteiger partial charge in [0.25, 0.3) is 5.69 Å². The lowest BCUT2D eigenvalue weighted by Gasteiger charge is -2.22.